The van der Waals surface area contributed by atoms with Gasteiger partial charge in [-0.15, -0.1) is 11.8 Å². The van der Waals surface area contributed by atoms with E-state index in [1.165, 1.54) is 0 Å². The number of carbonyl (C=O) groups excluding carboxylic acids is 1. The second-order valence-corrected chi connectivity index (χ2v) is 8.74. The van der Waals surface area contributed by atoms with Crippen LogP contribution in [0.4, 0.5) is 11.4 Å². The number of rotatable bonds is 6. The normalized spacial score (nSPS) is 17.8. The highest BCUT2D eigenvalue weighted by atomic mass is 32.2. The largest absolute Gasteiger partial charge is 0.457 e. The molecule has 1 unspecified atom stereocenters. The number of nitrogens with zero attached hydrogens (tertiary/aromatic N) is 2. The maximum absolute atomic E-state index is 13.0. The van der Waals surface area contributed by atoms with Crippen molar-refractivity contribution in [2.75, 3.05) is 36.4 Å². The molecule has 2 aromatic carbocycles. The van der Waals surface area contributed by atoms with Crippen LogP contribution in [0, 0.1) is 0 Å². The molecule has 1 fully saturated rings. The van der Waals surface area contributed by atoms with Gasteiger partial charge in [0.1, 0.15) is 22.6 Å². The molecule has 0 bridgehead atoms. The number of hydrogen-bond donors (Lipinski definition) is 3. The Morgan fingerprint density at radius 2 is 1.79 bits per heavy atom. The molecule has 1 aromatic heterocycles. The number of aromatic nitrogens is 1. The molecule has 0 saturated carbocycles. The second kappa shape index (κ2) is 9.97. The molecule has 33 heavy (non-hydrogen) atoms. The van der Waals surface area contributed by atoms with Crippen molar-refractivity contribution in [3.63, 3.8) is 0 Å². The molecule has 1 amide bonds. The van der Waals surface area contributed by atoms with Crippen LogP contribution in [0.1, 0.15) is 10.9 Å². The molecule has 0 spiro atoms. The van der Waals surface area contributed by atoms with Gasteiger partial charge in [-0.3, -0.25) is 9.78 Å². The summed E-state index contributed by atoms with van der Waals surface area (Å²) in [7, 11) is 0. The van der Waals surface area contributed by atoms with E-state index in [9.17, 15) is 4.79 Å². The van der Waals surface area contributed by atoms with Crippen LogP contribution < -0.4 is 25.6 Å². The van der Waals surface area contributed by atoms with Crippen molar-refractivity contribution >= 4 is 29.0 Å². The van der Waals surface area contributed by atoms with Gasteiger partial charge in [-0.05, 0) is 35.9 Å². The van der Waals surface area contributed by atoms with Crippen LogP contribution >= 0.6 is 11.8 Å². The van der Waals surface area contributed by atoms with Gasteiger partial charge < -0.3 is 25.6 Å². The lowest BCUT2D eigenvalue weighted by Gasteiger charge is -2.30. The van der Waals surface area contributed by atoms with E-state index in [4.69, 9.17) is 4.74 Å². The summed E-state index contributed by atoms with van der Waals surface area (Å²) in [6, 6.07) is 19.6. The van der Waals surface area contributed by atoms with E-state index < -0.39 is 0 Å². The van der Waals surface area contributed by atoms with Crippen molar-refractivity contribution < 1.29 is 9.53 Å². The first-order valence-corrected chi connectivity index (χ1v) is 11.9. The molecule has 3 aromatic rings. The number of ether oxygens (including phenoxy) is 1. The van der Waals surface area contributed by atoms with Gasteiger partial charge >= 0.3 is 0 Å². The zero-order valence-corrected chi connectivity index (χ0v) is 18.8. The Morgan fingerprint density at radius 3 is 2.58 bits per heavy atom. The summed E-state index contributed by atoms with van der Waals surface area (Å²) in [6.45, 7) is 3.65. The summed E-state index contributed by atoms with van der Waals surface area (Å²) < 4.78 is 5.86. The predicted octanol–water partition coefficient (Wildman–Crippen LogP) is 4.10. The summed E-state index contributed by atoms with van der Waals surface area (Å²) in [6.07, 6.45) is 3.47. The average molecular weight is 460 g/mol. The fourth-order valence-electron chi connectivity index (χ4n) is 3.82. The highest BCUT2D eigenvalue weighted by Crippen LogP contribution is 2.36. The van der Waals surface area contributed by atoms with E-state index in [1.807, 2.05) is 66.1 Å². The number of para-hydroxylation sites is 1. The summed E-state index contributed by atoms with van der Waals surface area (Å²) in [5.41, 5.74) is 3.34. The third-order valence-electron chi connectivity index (χ3n) is 5.52. The molecular formula is C25H25N5O2S. The van der Waals surface area contributed by atoms with Crippen LogP contribution in [0.2, 0.25) is 0 Å². The molecule has 5 rings (SSSR count). The van der Waals surface area contributed by atoms with Crippen molar-refractivity contribution in [3.05, 3.63) is 89.7 Å². The van der Waals surface area contributed by atoms with E-state index in [1.54, 1.807) is 24.2 Å². The molecule has 3 heterocycles. The maximum atomic E-state index is 13.0. The molecular weight excluding hydrogens is 434 g/mol. The van der Waals surface area contributed by atoms with Crippen molar-refractivity contribution in [2.45, 2.75) is 5.37 Å². The zero-order valence-electron chi connectivity index (χ0n) is 18.0. The topological polar surface area (TPSA) is 78.5 Å². The Bertz CT molecular complexity index is 1130. The molecule has 1 saturated heterocycles. The van der Waals surface area contributed by atoms with Crippen LogP contribution in [0.3, 0.4) is 0 Å². The minimum Gasteiger partial charge on any atom is -0.457 e. The Hall–Kier alpha value is -3.49. The van der Waals surface area contributed by atoms with Gasteiger partial charge in [0, 0.05) is 37.8 Å². The van der Waals surface area contributed by atoms with Crippen molar-refractivity contribution in [1.82, 2.24) is 15.6 Å². The number of anilines is 2. The summed E-state index contributed by atoms with van der Waals surface area (Å²) in [5, 5.41) is 11.5. The lowest BCUT2D eigenvalue weighted by Crippen LogP contribution is -2.43. The molecule has 7 nitrogen and oxygen atoms in total. The van der Waals surface area contributed by atoms with Crippen LogP contribution in [0.5, 0.6) is 11.5 Å². The minimum atomic E-state index is -0.168. The van der Waals surface area contributed by atoms with Gasteiger partial charge in [0.25, 0.3) is 5.91 Å². The van der Waals surface area contributed by atoms with Gasteiger partial charge in [-0.25, -0.2) is 0 Å². The number of nitrogens with one attached hydrogen (secondary N) is 3. The number of piperazine rings is 1. The van der Waals surface area contributed by atoms with Gasteiger partial charge in [-0.2, -0.15) is 0 Å². The van der Waals surface area contributed by atoms with Gasteiger partial charge in [-0.1, -0.05) is 30.3 Å². The minimum absolute atomic E-state index is 0.0296. The predicted molar refractivity (Wildman–Crippen MR) is 132 cm³/mol. The number of benzene rings is 2. The molecule has 2 aliphatic heterocycles. The Kier molecular flexibility index (Phi) is 6.46. The number of thioether (sulfide) groups is 1. The van der Waals surface area contributed by atoms with E-state index in [0.717, 1.165) is 54.6 Å². The number of amides is 1. The third kappa shape index (κ3) is 5.13. The summed E-state index contributed by atoms with van der Waals surface area (Å²) in [5.74, 6) is 1.41. The lowest BCUT2D eigenvalue weighted by atomic mass is 10.2. The second-order valence-electron chi connectivity index (χ2n) is 7.76. The molecule has 0 aliphatic carbocycles. The van der Waals surface area contributed by atoms with E-state index >= 15 is 0 Å². The lowest BCUT2D eigenvalue weighted by molar-refractivity contribution is -0.113. The van der Waals surface area contributed by atoms with E-state index in [-0.39, 0.29) is 11.3 Å². The average Bonchev–Trinajstić information content (AvgIpc) is 3.37. The molecule has 3 N–H and O–H groups in total. The quantitative estimate of drug-likeness (QED) is 0.512. The molecule has 8 heteroatoms. The Balaban J connectivity index is 1.20. The first kappa shape index (κ1) is 21.4. The van der Waals surface area contributed by atoms with Crippen molar-refractivity contribution in [1.29, 1.82) is 0 Å². The molecule has 2 aliphatic rings. The highest BCUT2D eigenvalue weighted by molar-refractivity contribution is 8.02. The number of pyridine rings is 1. The highest BCUT2D eigenvalue weighted by Gasteiger charge is 2.24. The van der Waals surface area contributed by atoms with Gasteiger partial charge in [0.2, 0.25) is 0 Å². The standard InChI is InChI=1S/C25H25N5O2S/c31-24(28-21-16-27-11-10-23(21)30-14-12-26-13-15-30)22-17-33-25(29-22)18-6-8-20(9-7-18)32-19-4-2-1-3-5-19/h1-11,16-17,25-26,29H,12-15H2,(H,28,31). The van der Waals surface area contributed by atoms with Crippen molar-refractivity contribution in [3.8, 4) is 11.5 Å². The molecule has 0 radical (unpaired) electrons. The Labute approximate surface area is 197 Å². The van der Waals surface area contributed by atoms with Crippen LogP contribution in [-0.4, -0.2) is 37.1 Å². The molecule has 1 atom stereocenters. The van der Waals surface area contributed by atoms with Crippen LogP contribution in [-0.2, 0) is 4.79 Å². The maximum Gasteiger partial charge on any atom is 0.272 e. The van der Waals surface area contributed by atoms with Gasteiger partial charge in [0.15, 0.2) is 0 Å². The fourth-order valence-corrected chi connectivity index (χ4v) is 4.77. The van der Waals surface area contributed by atoms with Gasteiger partial charge in [0.05, 0.1) is 17.6 Å². The first-order chi connectivity index (χ1) is 16.3. The van der Waals surface area contributed by atoms with E-state index in [2.05, 4.69) is 25.8 Å². The van der Waals surface area contributed by atoms with Crippen LogP contribution in [0.15, 0.2) is 84.2 Å². The Morgan fingerprint density at radius 1 is 1.03 bits per heavy atom. The van der Waals surface area contributed by atoms with E-state index in [0.29, 0.717) is 5.70 Å². The molecule has 168 valence electrons. The summed E-state index contributed by atoms with van der Waals surface area (Å²) >= 11 is 1.58. The smallest absolute Gasteiger partial charge is 0.272 e. The first-order valence-electron chi connectivity index (χ1n) is 10.9. The number of carbonyl (C=O) groups is 1. The van der Waals surface area contributed by atoms with Crippen molar-refractivity contribution in [2.24, 2.45) is 0 Å². The monoisotopic (exact) mass is 459 g/mol. The third-order valence-corrected chi connectivity index (χ3v) is 6.55. The van der Waals surface area contributed by atoms with Crippen LogP contribution in [0.25, 0.3) is 0 Å². The fraction of sp³-hybridized carbons (Fsp3) is 0.200. The zero-order chi connectivity index (χ0) is 22.5. The number of hydrogen-bond acceptors (Lipinski definition) is 7. The SMILES string of the molecule is O=C(Nc1cnccc1N1CCNCC1)C1=CSC(c2ccc(Oc3ccccc3)cc2)N1. The summed E-state index contributed by atoms with van der Waals surface area (Å²) in [4.78, 5) is 19.4.